The van der Waals surface area contributed by atoms with Gasteiger partial charge in [-0.3, -0.25) is 10.5 Å². The lowest BCUT2D eigenvalue weighted by molar-refractivity contribution is -0.121. The smallest absolute Gasteiger partial charge is 0.200 e. The number of aliphatic hydroxyl groups is 1. The summed E-state index contributed by atoms with van der Waals surface area (Å²) >= 11 is 0. The normalized spacial score (nSPS) is 26.8. The number of phenolic OH excluding ortho intramolecular Hbond substituents is 4. The average Bonchev–Trinajstić information content (AvgIpc) is 4.07. The second-order valence-electron chi connectivity index (χ2n) is 20.6. The molecule has 1 heterocycles. The Morgan fingerprint density at radius 1 is 0.848 bits per heavy atom. The molecule has 1 aromatic heterocycles. The van der Waals surface area contributed by atoms with Gasteiger partial charge < -0.3 is 40.0 Å². The van der Waals surface area contributed by atoms with Crippen molar-refractivity contribution in [2.24, 2.45) is 23.0 Å². The highest BCUT2D eigenvalue weighted by Gasteiger charge is 2.62. The average molecular weight is 890 g/mol. The highest BCUT2D eigenvalue weighted by molar-refractivity contribution is 5.79. The predicted molar refractivity (Wildman–Crippen MR) is 251 cm³/mol. The van der Waals surface area contributed by atoms with Crippen LogP contribution in [0.25, 0.3) is 11.3 Å². The first-order chi connectivity index (χ1) is 32.0. The van der Waals surface area contributed by atoms with E-state index >= 15 is 0 Å². The molecule has 3 fully saturated rings. The highest BCUT2D eigenvalue weighted by Crippen LogP contribution is 2.72. The highest BCUT2D eigenvalue weighted by atomic mass is 16.5. The standard InChI is InChI=1S/C56H61N2O8/c57-32-65-48-26-33(13-17-45(48)61)12-15-37(60)29-46(62)40-16-14-34-27-44(56-31-54(20-3-4-21-54)24-18-43(56)39-19-25-58-51(39)38-10-1-2-11-42(38)56)50(40)41-30-47(63)52(64)53(49(34)41)66-55(22-5-6-23-55)35-8-7-9-36(59)28-35/h1-2,7-11,13-14,16-17,19,25-26,28,30,34,40,43-44,46,50,59,61-64H,3-6,12,15,18,20-24,27,29,31-32,57H2/q-1. The molecule has 7 aliphatic carbocycles. The van der Waals surface area contributed by atoms with E-state index in [-0.39, 0.29) is 94.4 Å². The summed E-state index contributed by atoms with van der Waals surface area (Å²) in [5, 5.41) is 57.6. The Morgan fingerprint density at radius 2 is 1.65 bits per heavy atom. The van der Waals surface area contributed by atoms with Crippen LogP contribution in [0.2, 0.25) is 0 Å². The van der Waals surface area contributed by atoms with E-state index in [1.54, 1.807) is 36.4 Å². The number of carbonyl (C=O) groups is 1. The molecule has 7 atom stereocenters. The van der Waals surface area contributed by atoms with Crippen LogP contribution in [0.1, 0.15) is 141 Å². The second kappa shape index (κ2) is 16.6. The van der Waals surface area contributed by atoms with Crippen molar-refractivity contribution in [2.45, 2.75) is 131 Å². The number of allylic oxidation sites excluding steroid dienone is 1. The van der Waals surface area contributed by atoms with E-state index < -0.39 is 17.6 Å². The number of phenols is 4. The molecule has 0 amide bonds. The molecular weight excluding hydrogens is 829 g/mol. The summed E-state index contributed by atoms with van der Waals surface area (Å²) in [6.45, 7) is -0.0912. The van der Waals surface area contributed by atoms with Gasteiger partial charge in [0.25, 0.3) is 0 Å². The zero-order valence-corrected chi connectivity index (χ0v) is 37.5. The molecule has 5 aromatic rings. The Morgan fingerprint density at radius 3 is 2.45 bits per heavy atom. The molecule has 10 heteroatoms. The van der Waals surface area contributed by atoms with Gasteiger partial charge in [0, 0.05) is 35.7 Å². The number of aromatic nitrogens is 1. The minimum Gasteiger partial charge on any atom is -0.663 e. The maximum atomic E-state index is 14.1. The summed E-state index contributed by atoms with van der Waals surface area (Å²) in [6.07, 6.45) is 17.7. The molecule has 7 aliphatic rings. The Kier molecular flexibility index (Phi) is 10.8. The molecule has 344 valence electrons. The van der Waals surface area contributed by atoms with Crippen LogP contribution in [-0.2, 0) is 22.2 Å². The van der Waals surface area contributed by atoms with Crippen LogP contribution < -0.4 is 20.2 Å². The number of Topliss-reactive ketones (excluding diaryl/α,β-unsaturated/α-hetero) is 1. The van der Waals surface area contributed by atoms with Gasteiger partial charge >= 0.3 is 0 Å². The molecule has 12 rings (SSSR count). The van der Waals surface area contributed by atoms with Crippen LogP contribution in [-0.4, -0.2) is 44.2 Å². The van der Waals surface area contributed by atoms with Gasteiger partial charge in [-0.15, -0.1) is 5.69 Å². The summed E-state index contributed by atoms with van der Waals surface area (Å²) < 4.78 is 12.6. The number of carbonyl (C=O) groups excluding carboxylic acids is 1. The van der Waals surface area contributed by atoms with Crippen molar-refractivity contribution in [3.63, 3.8) is 0 Å². The van der Waals surface area contributed by atoms with Gasteiger partial charge in [-0.2, -0.15) is 6.20 Å². The summed E-state index contributed by atoms with van der Waals surface area (Å²) in [6, 6.07) is 25.0. The van der Waals surface area contributed by atoms with Crippen LogP contribution in [0.3, 0.4) is 0 Å². The van der Waals surface area contributed by atoms with Crippen molar-refractivity contribution >= 4 is 5.78 Å². The van der Waals surface area contributed by atoms with E-state index in [0.29, 0.717) is 19.3 Å². The number of hydrogen-bond donors (Lipinski definition) is 6. The van der Waals surface area contributed by atoms with Gasteiger partial charge in [0.2, 0.25) is 5.75 Å². The van der Waals surface area contributed by atoms with Crippen molar-refractivity contribution in [1.29, 1.82) is 0 Å². The quantitative estimate of drug-likeness (QED) is 0.0402. The van der Waals surface area contributed by atoms with E-state index in [0.717, 1.165) is 66.5 Å². The van der Waals surface area contributed by atoms with E-state index in [4.69, 9.17) is 20.2 Å². The lowest BCUT2D eigenvalue weighted by Gasteiger charge is -2.61. The fraction of sp³-hybridized carbons (Fsp3) is 0.446. The van der Waals surface area contributed by atoms with Gasteiger partial charge in [-0.1, -0.05) is 79.1 Å². The maximum Gasteiger partial charge on any atom is 0.200 e. The monoisotopic (exact) mass is 889 g/mol. The number of hydrogen-bond acceptors (Lipinski definition) is 9. The molecule has 10 nitrogen and oxygen atoms in total. The Labute approximate surface area is 386 Å². The Bertz CT molecular complexity index is 2690. The van der Waals surface area contributed by atoms with E-state index in [1.165, 1.54) is 42.4 Å². The number of aromatic hydroxyl groups is 4. The molecule has 0 aliphatic heterocycles. The van der Waals surface area contributed by atoms with Gasteiger partial charge in [0.15, 0.2) is 23.0 Å². The van der Waals surface area contributed by atoms with Crippen LogP contribution in [0, 0.1) is 17.3 Å². The molecule has 7 N–H and O–H groups in total. The fourth-order valence-electron chi connectivity index (χ4n) is 14.5. The minimum absolute atomic E-state index is 0.0218. The van der Waals surface area contributed by atoms with Crippen LogP contribution >= 0.6 is 0 Å². The number of nitrogens with zero attached hydrogens (tertiary/aromatic N) is 1. The van der Waals surface area contributed by atoms with Crippen LogP contribution in [0.5, 0.6) is 34.5 Å². The third-order valence-corrected chi connectivity index (χ3v) is 17.2. The van der Waals surface area contributed by atoms with Crippen molar-refractivity contribution in [3.05, 3.63) is 131 Å². The van der Waals surface area contributed by atoms with Gasteiger partial charge in [-0.25, -0.2) is 0 Å². The minimum atomic E-state index is -1.05. The number of ether oxygens (including phenoxy) is 2. The summed E-state index contributed by atoms with van der Waals surface area (Å²) in [5.41, 5.74) is 12.7. The molecule has 4 aromatic carbocycles. The third-order valence-electron chi connectivity index (χ3n) is 17.2. The van der Waals surface area contributed by atoms with Gasteiger partial charge in [-0.05, 0) is 152 Å². The number of rotatable bonds is 12. The number of ketones is 1. The number of fused-ring (bicyclic) bond motifs is 9. The molecule has 7 unspecified atom stereocenters. The zero-order valence-electron chi connectivity index (χ0n) is 37.5. The number of aliphatic hydroxyl groups excluding tert-OH is 1. The Hall–Kier alpha value is -5.71. The lowest BCUT2D eigenvalue weighted by atomic mass is 9.42. The van der Waals surface area contributed by atoms with E-state index in [2.05, 4.69) is 42.5 Å². The molecule has 3 saturated carbocycles. The SMILES string of the molecule is NCOc1cc(CCC(=O)CC(O)C2C=CC3CC(C45CC6(CCCC6)CCC4c4cc[n-]c4-c4ccccc45)C2c2cc(O)c(O)c(OC4(c5cccc(O)c5)CCCC4)c23)ccc1O. The summed E-state index contributed by atoms with van der Waals surface area (Å²) in [4.78, 5) is 19.1. The first-order valence-electron chi connectivity index (χ1n) is 24.3. The van der Waals surface area contributed by atoms with E-state index in [1.807, 2.05) is 18.3 Å². The van der Waals surface area contributed by atoms with E-state index in [9.17, 15) is 30.3 Å². The van der Waals surface area contributed by atoms with Gasteiger partial charge in [0.05, 0.1) is 6.10 Å². The van der Waals surface area contributed by atoms with Gasteiger partial charge in [0.1, 0.15) is 23.9 Å². The Balaban J connectivity index is 1.05. The first-order valence-corrected chi connectivity index (χ1v) is 24.3. The van der Waals surface area contributed by atoms with Crippen LogP contribution in [0.4, 0.5) is 0 Å². The number of benzene rings is 4. The summed E-state index contributed by atoms with van der Waals surface area (Å²) in [5.74, 6) is -0.964. The predicted octanol–water partition coefficient (Wildman–Crippen LogP) is 10.4. The molecule has 2 bridgehead atoms. The number of aryl methyl sites for hydroxylation is 1. The molecular formula is C56H61N2O8-. The molecule has 66 heavy (non-hydrogen) atoms. The molecule has 0 saturated heterocycles. The van der Waals surface area contributed by atoms with Crippen LogP contribution in [0.15, 0.2) is 97.2 Å². The molecule has 1 spiro atoms. The van der Waals surface area contributed by atoms with Crippen molar-refractivity contribution in [3.8, 4) is 45.8 Å². The summed E-state index contributed by atoms with van der Waals surface area (Å²) in [7, 11) is 0. The topological polar surface area (TPSA) is 177 Å². The third kappa shape index (κ3) is 6.92. The fourth-order valence-corrected chi connectivity index (χ4v) is 14.5. The first kappa shape index (κ1) is 42.9. The zero-order chi connectivity index (χ0) is 45.4. The van der Waals surface area contributed by atoms with Crippen molar-refractivity contribution in [1.82, 2.24) is 4.98 Å². The number of nitrogens with two attached hydrogens (primary N) is 1. The molecule has 0 radical (unpaired) electrons. The lowest BCUT2D eigenvalue weighted by Crippen LogP contribution is -2.54. The largest absolute Gasteiger partial charge is 0.663 e. The maximum absolute atomic E-state index is 14.1. The van der Waals surface area contributed by atoms with Crippen molar-refractivity contribution < 1.29 is 39.8 Å². The van der Waals surface area contributed by atoms with Crippen molar-refractivity contribution in [2.75, 3.05) is 6.73 Å². The second-order valence-corrected chi connectivity index (χ2v) is 20.6.